The molecule has 0 aliphatic carbocycles. The van der Waals surface area contributed by atoms with Gasteiger partial charge in [-0.1, -0.05) is 83.9 Å². The van der Waals surface area contributed by atoms with Crippen molar-refractivity contribution >= 4 is 41.1 Å². The van der Waals surface area contributed by atoms with Crippen LogP contribution < -0.4 is 10.6 Å². The van der Waals surface area contributed by atoms with E-state index in [1.54, 1.807) is 30.3 Å². The highest BCUT2D eigenvalue weighted by Gasteiger charge is 2.19. The molecular formula is C28H22Cl2N2O3. The monoisotopic (exact) mass is 504 g/mol. The number of hydrogen-bond acceptors (Lipinski definition) is 3. The first-order valence-electron chi connectivity index (χ1n) is 10.9. The number of nitrogens with one attached hydrogen (secondary N) is 2. The lowest BCUT2D eigenvalue weighted by atomic mass is 10.1. The van der Waals surface area contributed by atoms with Crippen LogP contribution in [0.15, 0.2) is 101 Å². The lowest BCUT2D eigenvalue weighted by Gasteiger charge is -2.10. The molecular weight excluding hydrogens is 483 g/mol. The van der Waals surface area contributed by atoms with Crippen molar-refractivity contribution in [3.8, 4) is 11.3 Å². The molecule has 2 amide bonds. The Morgan fingerprint density at radius 3 is 1.83 bits per heavy atom. The zero-order chi connectivity index (χ0) is 24.6. The topological polar surface area (TPSA) is 71.3 Å². The summed E-state index contributed by atoms with van der Waals surface area (Å²) in [6, 6.07) is 27.5. The van der Waals surface area contributed by atoms with Crippen molar-refractivity contribution in [2.75, 3.05) is 0 Å². The molecule has 0 aliphatic heterocycles. The number of carbonyl (C=O) groups is 2. The molecule has 7 heteroatoms. The molecule has 0 aliphatic rings. The van der Waals surface area contributed by atoms with Crippen molar-refractivity contribution in [3.63, 3.8) is 0 Å². The number of halogens is 2. The number of amides is 2. The molecule has 3 aromatic carbocycles. The molecule has 0 saturated heterocycles. The van der Waals surface area contributed by atoms with Crippen LogP contribution in [0.25, 0.3) is 17.4 Å². The quantitative estimate of drug-likeness (QED) is 0.169. The highest BCUT2D eigenvalue weighted by molar-refractivity contribution is 6.42. The van der Waals surface area contributed by atoms with Crippen molar-refractivity contribution in [1.82, 2.24) is 10.6 Å². The second-order valence-electron chi connectivity index (χ2n) is 7.73. The van der Waals surface area contributed by atoms with Gasteiger partial charge in [0, 0.05) is 18.7 Å². The van der Waals surface area contributed by atoms with Crippen molar-refractivity contribution in [1.29, 1.82) is 0 Å². The Bertz CT molecular complexity index is 1290. The van der Waals surface area contributed by atoms with Gasteiger partial charge >= 0.3 is 0 Å². The third-order valence-electron chi connectivity index (χ3n) is 5.20. The van der Waals surface area contributed by atoms with Crippen molar-refractivity contribution < 1.29 is 14.0 Å². The Kier molecular flexibility index (Phi) is 8.03. The van der Waals surface area contributed by atoms with E-state index in [-0.39, 0.29) is 18.7 Å². The second-order valence-corrected chi connectivity index (χ2v) is 8.54. The van der Waals surface area contributed by atoms with Gasteiger partial charge in [-0.05, 0) is 47.5 Å². The summed E-state index contributed by atoms with van der Waals surface area (Å²) in [5.41, 5.74) is 2.50. The van der Waals surface area contributed by atoms with Crippen LogP contribution in [0, 0.1) is 0 Å². The number of carbonyl (C=O) groups excluding carboxylic acids is 2. The smallest absolute Gasteiger partial charge is 0.257 e. The van der Waals surface area contributed by atoms with E-state index in [0.29, 0.717) is 21.6 Å². The van der Waals surface area contributed by atoms with Gasteiger partial charge in [0.2, 0.25) is 0 Å². The van der Waals surface area contributed by atoms with Gasteiger partial charge in [-0.15, -0.1) is 0 Å². The minimum absolute atomic E-state index is 0.0631. The number of furan rings is 1. The highest BCUT2D eigenvalue weighted by Crippen LogP contribution is 2.30. The van der Waals surface area contributed by atoms with E-state index in [1.165, 1.54) is 6.08 Å². The molecule has 35 heavy (non-hydrogen) atoms. The minimum atomic E-state index is -0.507. The Morgan fingerprint density at radius 1 is 0.714 bits per heavy atom. The number of benzene rings is 3. The molecule has 0 spiro atoms. The van der Waals surface area contributed by atoms with Crippen LogP contribution in [0.2, 0.25) is 10.0 Å². The maximum Gasteiger partial charge on any atom is 0.257 e. The van der Waals surface area contributed by atoms with E-state index >= 15 is 0 Å². The first-order valence-corrected chi connectivity index (χ1v) is 11.7. The van der Waals surface area contributed by atoms with Crippen LogP contribution >= 0.6 is 23.2 Å². The lowest BCUT2D eigenvalue weighted by molar-refractivity contribution is -0.123. The Hall–Kier alpha value is -3.80. The Morgan fingerprint density at radius 2 is 1.29 bits per heavy atom. The van der Waals surface area contributed by atoms with Crippen LogP contribution in [0.1, 0.15) is 16.9 Å². The zero-order valence-corrected chi connectivity index (χ0v) is 20.1. The van der Waals surface area contributed by atoms with Gasteiger partial charge in [-0.2, -0.15) is 0 Å². The SMILES string of the molecule is O=C(NCc1ccccc1)C(=Cc1ccc(-c2ccc(Cl)c(Cl)c2)o1)C(=O)NCc1ccccc1. The molecule has 4 aromatic rings. The molecule has 176 valence electrons. The molecule has 0 bridgehead atoms. The van der Waals surface area contributed by atoms with Gasteiger partial charge in [0.05, 0.1) is 10.0 Å². The summed E-state index contributed by atoms with van der Waals surface area (Å²) in [5.74, 6) is -0.131. The van der Waals surface area contributed by atoms with E-state index in [1.807, 2.05) is 60.7 Å². The maximum absolute atomic E-state index is 13.0. The molecule has 0 atom stereocenters. The molecule has 0 unspecified atom stereocenters. The van der Waals surface area contributed by atoms with Gasteiger partial charge in [0.25, 0.3) is 11.8 Å². The first kappa shape index (κ1) is 24.3. The van der Waals surface area contributed by atoms with Crippen LogP contribution in [-0.4, -0.2) is 11.8 Å². The lowest BCUT2D eigenvalue weighted by Crippen LogP contribution is -2.34. The van der Waals surface area contributed by atoms with Crippen LogP contribution in [0.3, 0.4) is 0 Å². The summed E-state index contributed by atoms with van der Waals surface area (Å²) in [5, 5.41) is 6.46. The van der Waals surface area contributed by atoms with E-state index in [2.05, 4.69) is 10.6 Å². The number of hydrogen-bond donors (Lipinski definition) is 2. The zero-order valence-electron chi connectivity index (χ0n) is 18.6. The standard InChI is InChI=1S/C28H22Cl2N2O3/c29-24-13-11-21(15-25(24)30)26-14-12-22(35-26)16-23(27(33)31-17-19-7-3-1-4-8-19)28(34)32-18-20-9-5-2-6-10-20/h1-16H,17-18H2,(H,31,33)(H,32,34). The van der Waals surface area contributed by atoms with Gasteiger partial charge in [-0.25, -0.2) is 0 Å². The summed E-state index contributed by atoms with van der Waals surface area (Å²) >= 11 is 12.1. The average molecular weight is 505 g/mol. The fourth-order valence-electron chi connectivity index (χ4n) is 3.36. The summed E-state index contributed by atoms with van der Waals surface area (Å²) in [7, 11) is 0. The van der Waals surface area contributed by atoms with E-state index < -0.39 is 11.8 Å². The fourth-order valence-corrected chi connectivity index (χ4v) is 3.66. The Labute approximate surface area is 213 Å². The summed E-state index contributed by atoms with van der Waals surface area (Å²) in [6.45, 7) is 0.575. The Balaban J connectivity index is 1.56. The van der Waals surface area contributed by atoms with Crippen molar-refractivity contribution in [3.05, 3.63) is 124 Å². The van der Waals surface area contributed by atoms with Gasteiger partial charge in [0.1, 0.15) is 17.1 Å². The molecule has 1 heterocycles. The minimum Gasteiger partial charge on any atom is -0.457 e. The van der Waals surface area contributed by atoms with E-state index in [0.717, 1.165) is 16.7 Å². The molecule has 0 saturated carbocycles. The van der Waals surface area contributed by atoms with E-state index in [9.17, 15) is 9.59 Å². The summed E-state index contributed by atoms with van der Waals surface area (Å²) < 4.78 is 5.88. The van der Waals surface area contributed by atoms with Crippen molar-refractivity contribution in [2.24, 2.45) is 0 Å². The van der Waals surface area contributed by atoms with Crippen LogP contribution in [0.4, 0.5) is 0 Å². The predicted molar refractivity (Wildman–Crippen MR) is 139 cm³/mol. The maximum atomic E-state index is 13.0. The van der Waals surface area contributed by atoms with E-state index in [4.69, 9.17) is 27.6 Å². The second kappa shape index (κ2) is 11.6. The van der Waals surface area contributed by atoms with Crippen LogP contribution in [-0.2, 0) is 22.7 Å². The molecule has 1 aromatic heterocycles. The van der Waals surface area contributed by atoms with Gasteiger partial charge in [-0.3, -0.25) is 9.59 Å². The molecule has 5 nitrogen and oxygen atoms in total. The van der Waals surface area contributed by atoms with Crippen LogP contribution in [0.5, 0.6) is 0 Å². The average Bonchev–Trinajstić information content (AvgIpc) is 3.36. The third-order valence-corrected chi connectivity index (χ3v) is 5.94. The molecule has 2 N–H and O–H groups in total. The van der Waals surface area contributed by atoms with Gasteiger partial charge in [0.15, 0.2) is 0 Å². The molecule has 0 fully saturated rings. The normalized spacial score (nSPS) is 10.5. The molecule has 0 radical (unpaired) electrons. The van der Waals surface area contributed by atoms with Gasteiger partial charge < -0.3 is 15.1 Å². The number of rotatable bonds is 8. The third kappa shape index (κ3) is 6.63. The predicted octanol–water partition coefficient (Wildman–Crippen LogP) is 6.27. The first-order chi connectivity index (χ1) is 17.0. The highest BCUT2D eigenvalue weighted by atomic mass is 35.5. The molecule has 4 rings (SSSR count). The summed E-state index contributed by atoms with van der Waals surface area (Å²) in [6.07, 6.45) is 1.43. The summed E-state index contributed by atoms with van der Waals surface area (Å²) in [4.78, 5) is 26.0. The largest absolute Gasteiger partial charge is 0.457 e. The van der Waals surface area contributed by atoms with Crippen molar-refractivity contribution in [2.45, 2.75) is 13.1 Å². The fraction of sp³-hybridized carbons (Fsp3) is 0.0714.